The van der Waals surface area contributed by atoms with Crippen LogP contribution in [0.4, 0.5) is 0 Å². The first-order chi connectivity index (χ1) is 8.26. The van der Waals surface area contributed by atoms with Gasteiger partial charge >= 0.3 is 0 Å². The van der Waals surface area contributed by atoms with Gasteiger partial charge in [0.15, 0.2) is 0 Å². The predicted molar refractivity (Wildman–Crippen MR) is 70.2 cm³/mol. The second-order valence-corrected chi connectivity index (χ2v) is 4.25. The summed E-state index contributed by atoms with van der Waals surface area (Å²) in [5.41, 5.74) is 3.85. The quantitative estimate of drug-likeness (QED) is 0.868. The third kappa shape index (κ3) is 2.42. The van der Waals surface area contributed by atoms with Crippen LogP contribution in [-0.2, 0) is 6.42 Å². The SMILES string of the molecule is CCc1ccc(C(NC)c2ccoc2C)cc1. The van der Waals surface area contributed by atoms with Crippen molar-refractivity contribution in [3.05, 3.63) is 59.0 Å². The molecule has 1 atom stereocenters. The molecule has 1 aromatic heterocycles. The second kappa shape index (κ2) is 5.19. The van der Waals surface area contributed by atoms with Crippen molar-refractivity contribution in [1.82, 2.24) is 5.32 Å². The molecular weight excluding hydrogens is 210 g/mol. The summed E-state index contributed by atoms with van der Waals surface area (Å²) < 4.78 is 5.37. The number of hydrogen-bond donors (Lipinski definition) is 1. The summed E-state index contributed by atoms with van der Waals surface area (Å²) in [5.74, 6) is 0.976. The third-order valence-corrected chi connectivity index (χ3v) is 3.22. The molecule has 2 rings (SSSR count). The van der Waals surface area contributed by atoms with E-state index < -0.39 is 0 Å². The Bertz CT molecular complexity index is 470. The summed E-state index contributed by atoms with van der Waals surface area (Å²) in [4.78, 5) is 0. The number of aryl methyl sites for hydroxylation is 2. The predicted octanol–water partition coefficient (Wildman–Crippen LogP) is 3.46. The topological polar surface area (TPSA) is 25.2 Å². The summed E-state index contributed by atoms with van der Waals surface area (Å²) >= 11 is 0. The van der Waals surface area contributed by atoms with Crippen LogP contribution in [0.15, 0.2) is 41.0 Å². The Morgan fingerprint density at radius 3 is 2.35 bits per heavy atom. The number of hydrogen-bond acceptors (Lipinski definition) is 2. The van der Waals surface area contributed by atoms with E-state index in [1.54, 1.807) is 6.26 Å². The smallest absolute Gasteiger partial charge is 0.105 e. The maximum atomic E-state index is 5.37. The Morgan fingerprint density at radius 1 is 1.18 bits per heavy atom. The van der Waals surface area contributed by atoms with E-state index in [2.05, 4.69) is 36.5 Å². The zero-order chi connectivity index (χ0) is 12.3. The Labute approximate surface area is 103 Å². The van der Waals surface area contributed by atoms with E-state index in [-0.39, 0.29) is 6.04 Å². The zero-order valence-corrected chi connectivity index (χ0v) is 10.7. The molecule has 1 aromatic carbocycles. The lowest BCUT2D eigenvalue weighted by molar-refractivity contribution is 0.523. The monoisotopic (exact) mass is 229 g/mol. The highest BCUT2D eigenvalue weighted by molar-refractivity contribution is 5.34. The van der Waals surface area contributed by atoms with Gasteiger partial charge in [-0.15, -0.1) is 0 Å². The van der Waals surface area contributed by atoms with Crippen molar-refractivity contribution in [3.8, 4) is 0 Å². The minimum Gasteiger partial charge on any atom is -0.469 e. The van der Waals surface area contributed by atoms with Crippen LogP contribution in [0.3, 0.4) is 0 Å². The Balaban J connectivity index is 2.32. The first kappa shape index (κ1) is 11.9. The fourth-order valence-corrected chi connectivity index (χ4v) is 2.14. The lowest BCUT2D eigenvalue weighted by Gasteiger charge is -2.16. The van der Waals surface area contributed by atoms with E-state index in [4.69, 9.17) is 4.42 Å². The van der Waals surface area contributed by atoms with Gasteiger partial charge in [0.05, 0.1) is 12.3 Å². The summed E-state index contributed by atoms with van der Waals surface area (Å²) in [7, 11) is 1.98. The van der Waals surface area contributed by atoms with Gasteiger partial charge in [-0.1, -0.05) is 31.2 Å². The summed E-state index contributed by atoms with van der Waals surface area (Å²) in [6.07, 6.45) is 2.82. The normalized spacial score (nSPS) is 12.6. The minimum absolute atomic E-state index is 0.208. The Hall–Kier alpha value is -1.54. The van der Waals surface area contributed by atoms with Crippen LogP contribution in [0.25, 0.3) is 0 Å². The molecule has 1 heterocycles. The molecule has 17 heavy (non-hydrogen) atoms. The van der Waals surface area contributed by atoms with Crippen molar-refractivity contribution in [1.29, 1.82) is 0 Å². The average Bonchev–Trinajstić information content (AvgIpc) is 2.78. The zero-order valence-electron chi connectivity index (χ0n) is 10.7. The lowest BCUT2D eigenvalue weighted by atomic mass is 9.98. The molecule has 0 radical (unpaired) electrons. The van der Waals surface area contributed by atoms with Gasteiger partial charge in [-0.25, -0.2) is 0 Å². The minimum atomic E-state index is 0.208. The molecule has 0 saturated carbocycles. The van der Waals surface area contributed by atoms with E-state index in [9.17, 15) is 0 Å². The molecular formula is C15H19NO. The van der Waals surface area contributed by atoms with Crippen molar-refractivity contribution in [2.24, 2.45) is 0 Å². The first-order valence-corrected chi connectivity index (χ1v) is 6.06. The van der Waals surface area contributed by atoms with E-state index >= 15 is 0 Å². The van der Waals surface area contributed by atoms with Gasteiger partial charge in [-0.05, 0) is 37.6 Å². The van der Waals surface area contributed by atoms with E-state index in [1.807, 2.05) is 20.0 Å². The largest absolute Gasteiger partial charge is 0.469 e. The molecule has 0 saturated heterocycles. The van der Waals surface area contributed by atoms with Crippen LogP contribution in [-0.4, -0.2) is 7.05 Å². The standard InChI is InChI=1S/C15H19NO/c1-4-12-5-7-13(8-6-12)15(16-3)14-9-10-17-11(14)2/h5-10,15-16H,4H2,1-3H3. The molecule has 0 amide bonds. The van der Waals surface area contributed by atoms with Gasteiger partial charge in [0, 0.05) is 5.56 Å². The van der Waals surface area contributed by atoms with Gasteiger partial charge < -0.3 is 9.73 Å². The Kier molecular flexibility index (Phi) is 3.64. The van der Waals surface area contributed by atoms with Crippen LogP contribution < -0.4 is 5.32 Å². The van der Waals surface area contributed by atoms with Crippen LogP contribution in [0, 0.1) is 6.92 Å². The molecule has 0 aliphatic rings. The molecule has 0 aliphatic heterocycles. The van der Waals surface area contributed by atoms with Gasteiger partial charge in [-0.2, -0.15) is 0 Å². The van der Waals surface area contributed by atoms with Crippen molar-refractivity contribution < 1.29 is 4.42 Å². The molecule has 0 bridgehead atoms. The van der Waals surface area contributed by atoms with Crippen molar-refractivity contribution >= 4 is 0 Å². The number of benzene rings is 1. The van der Waals surface area contributed by atoms with Crippen molar-refractivity contribution in [2.75, 3.05) is 7.05 Å². The average molecular weight is 229 g/mol. The van der Waals surface area contributed by atoms with E-state index in [0.29, 0.717) is 0 Å². The molecule has 1 unspecified atom stereocenters. The maximum Gasteiger partial charge on any atom is 0.105 e. The Morgan fingerprint density at radius 2 is 1.88 bits per heavy atom. The highest BCUT2D eigenvalue weighted by atomic mass is 16.3. The first-order valence-electron chi connectivity index (χ1n) is 6.06. The van der Waals surface area contributed by atoms with Crippen molar-refractivity contribution in [2.45, 2.75) is 26.3 Å². The molecule has 2 aromatic rings. The summed E-state index contributed by atoms with van der Waals surface area (Å²) in [6.45, 7) is 4.17. The molecule has 1 N–H and O–H groups in total. The van der Waals surface area contributed by atoms with Gasteiger partial charge in [-0.3, -0.25) is 0 Å². The van der Waals surface area contributed by atoms with Gasteiger partial charge in [0.1, 0.15) is 5.76 Å². The van der Waals surface area contributed by atoms with E-state index in [0.717, 1.165) is 12.2 Å². The van der Waals surface area contributed by atoms with Crippen LogP contribution in [0.2, 0.25) is 0 Å². The van der Waals surface area contributed by atoms with Gasteiger partial charge in [0.2, 0.25) is 0 Å². The summed E-state index contributed by atoms with van der Waals surface area (Å²) in [6, 6.07) is 11.0. The summed E-state index contributed by atoms with van der Waals surface area (Å²) in [5, 5.41) is 3.34. The van der Waals surface area contributed by atoms with Crippen LogP contribution in [0.5, 0.6) is 0 Å². The number of furan rings is 1. The maximum absolute atomic E-state index is 5.37. The molecule has 90 valence electrons. The lowest BCUT2D eigenvalue weighted by Crippen LogP contribution is -2.17. The molecule has 0 fully saturated rings. The fraction of sp³-hybridized carbons (Fsp3) is 0.333. The number of rotatable bonds is 4. The highest BCUT2D eigenvalue weighted by Crippen LogP contribution is 2.25. The molecule has 0 spiro atoms. The second-order valence-electron chi connectivity index (χ2n) is 4.25. The molecule has 2 heteroatoms. The third-order valence-electron chi connectivity index (χ3n) is 3.22. The number of nitrogens with one attached hydrogen (secondary N) is 1. The fourth-order valence-electron chi connectivity index (χ4n) is 2.14. The van der Waals surface area contributed by atoms with Crippen LogP contribution >= 0.6 is 0 Å². The van der Waals surface area contributed by atoms with Crippen LogP contribution in [0.1, 0.15) is 35.4 Å². The molecule has 0 aliphatic carbocycles. The molecule has 2 nitrogen and oxygen atoms in total. The van der Waals surface area contributed by atoms with Crippen molar-refractivity contribution in [3.63, 3.8) is 0 Å². The highest BCUT2D eigenvalue weighted by Gasteiger charge is 2.15. The van der Waals surface area contributed by atoms with Gasteiger partial charge in [0.25, 0.3) is 0 Å². The van der Waals surface area contributed by atoms with E-state index in [1.165, 1.54) is 16.7 Å².